The molecular formula is C6H7BrF3N3OS. The van der Waals surface area contributed by atoms with Crippen molar-refractivity contribution in [3.8, 4) is 0 Å². The number of nitrogens with zero attached hydrogens (tertiary/aromatic N) is 2. The van der Waals surface area contributed by atoms with E-state index in [2.05, 4.69) is 36.2 Å². The molecule has 86 valence electrons. The lowest BCUT2D eigenvalue weighted by Gasteiger charge is -2.07. The molecule has 1 rings (SSSR count). The Morgan fingerprint density at radius 1 is 1.40 bits per heavy atom. The first-order valence-corrected chi connectivity index (χ1v) is 5.46. The molecule has 0 amide bonds. The van der Waals surface area contributed by atoms with Crippen LogP contribution in [0.5, 0.6) is 0 Å². The normalized spacial score (nSPS) is 11.7. The van der Waals surface area contributed by atoms with E-state index in [9.17, 15) is 13.2 Å². The summed E-state index contributed by atoms with van der Waals surface area (Å²) in [6, 6.07) is 0. The molecule has 1 N–H and O–H groups in total. The third kappa shape index (κ3) is 5.90. The van der Waals surface area contributed by atoms with Crippen LogP contribution in [0.2, 0.25) is 0 Å². The molecule has 9 heteroatoms. The van der Waals surface area contributed by atoms with Crippen LogP contribution in [0.15, 0.2) is 3.92 Å². The van der Waals surface area contributed by atoms with Crippen LogP contribution in [0.1, 0.15) is 0 Å². The molecule has 0 saturated heterocycles. The van der Waals surface area contributed by atoms with Crippen molar-refractivity contribution in [3.63, 3.8) is 0 Å². The molecule has 0 aromatic carbocycles. The number of alkyl halides is 3. The molecule has 0 saturated carbocycles. The van der Waals surface area contributed by atoms with Crippen LogP contribution in [0, 0.1) is 0 Å². The van der Waals surface area contributed by atoms with Gasteiger partial charge in [-0.1, -0.05) is 11.3 Å². The zero-order chi connectivity index (χ0) is 11.3. The molecule has 4 nitrogen and oxygen atoms in total. The zero-order valence-electron chi connectivity index (χ0n) is 7.34. The van der Waals surface area contributed by atoms with Crippen LogP contribution in [0.3, 0.4) is 0 Å². The number of halogens is 4. The van der Waals surface area contributed by atoms with E-state index in [0.29, 0.717) is 9.05 Å². The van der Waals surface area contributed by atoms with E-state index >= 15 is 0 Å². The van der Waals surface area contributed by atoms with Gasteiger partial charge in [-0.3, -0.25) is 0 Å². The molecule has 15 heavy (non-hydrogen) atoms. The van der Waals surface area contributed by atoms with E-state index in [-0.39, 0.29) is 13.2 Å². The molecule has 1 aromatic heterocycles. The molecule has 0 aliphatic rings. The zero-order valence-corrected chi connectivity index (χ0v) is 9.75. The van der Waals surface area contributed by atoms with Gasteiger partial charge >= 0.3 is 6.18 Å². The standard InChI is InChI=1S/C6H7BrF3N3OS/c7-4-12-13-5(15-4)11-1-2-14-3-6(8,9)10/h1-3H2,(H,11,13). The number of hydrogen-bond donors (Lipinski definition) is 1. The van der Waals surface area contributed by atoms with Crippen molar-refractivity contribution in [1.29, 1.82) is 0 Å². The minimum atomic E-state index is -4.27. The smallest absolute Gasteiger partial charge is 0.370 e. The van der Waals surface area contributed by atoms with Crippen LogP contribution >= 0.6 is 27.3 Å². The molecule has 0 unspecified atom stereocenters. The summed E-state index contributed by atoms with van der Waals surface area (Å²) in [6.07, 6.45) is -4.27. The molecule has 0 fully saturated rings. The fourth-order valence-corrected chi connectivity index (χ4v) is 1.73. The SMILES string of the molecule is FC(F)(F)COCCNc1nnc(Br)s1. The number of anilines is 1. The highest BCUT2D eigenvalue weighted by Gasteiger charge is 2.27. The third-order valence-electron chi connectivity index (χ3n) is 1.19. The lowest BCUT2D eigenvalue weighted by atomic mass is 10.6. The summed E-state index contributed by atoms with van der Waals surface area (Å²) in [5, 5.41) is 10.7. The summed E-state index contributed by atoms with van der Waals surface area (Å²) in [7, 11) is 0. The monoisotopic (exact) mass is 305 g/mol. The average Bonchev–Trinajstić information content (AvgIpc) is 2.49. The van der Waals surface area contributed by atoms with E-state index < -0.39 is 12.8 Å². The fraction of sp³-hybridized carbons (Fsp3) is 0.667. The first kappa shape index (κ1) is 12.7. The van der Waals surface area contributed by atoms with Crippen LogP contribution in [-0.2, 0) is 4.74 Å². The summed E-state index contributed by atoms with van der Waals surface area (Å²) in [5.74, 6) is 0. The van der Waals surface area contributed by atoms with Gasteiger partial charge in [0.1, 0.15) is 6.61 Å². The van der Waals surface area contributed by atoms with Gasteiger partial charge in [-0.15, -0.1) is 10.2 Å². The van der Waals surface area contributed by atoms with Crippen molar-refractivity contribution in [2.45, 2.75) is 6.18 Å². The van der Waals surface area contributed by atoms with Gasteiger partial charge in [0, 0.05) is 6.54 Å². The highest BCUT2D eigenvalue weighted by Crippen LogP contribution is 2.19. The van der Waals surface area contributed by atoms with Crippen LogP contribution < -0.4 is 5.32 Å². The van der Waals surface area contributed by atoms with E-state index in [1.165, 1.54) is 11.3 Å². The van der Waals surface area contributed by atoms with Crippen molar-refractivity contribution in [1.82, 2.24) is 10.2 Å². The van der Waals surface area contributed by atoms with Crippen molar-refractivity contribution >= 4 is 32.4 Å². The van der Waals surface area contributed by atoms with Crippen molar-refractivity contribution in [3.05, 3.63) is 3.92 Å². The maximum Gasteiger partial charge on any atom is 0.411 e. The maximum atomic E-state index is 11.6. The Balaban J connectivity index is 2.07. The third-order valence-corrected chi connectivity index (χ3v) is 2.50. The van der Waals surface area contributed by atoms with Gasteiger partial charge in [0.2, 0.25) is 5.13 Å². The van der Waals surface area contributed by atoms with E-state index in [0.717, 1.165) is 0 Å². The fourth-order valence-electron chi connectivity index (χ4n) is 0.695. The Morgan fingerprint density at radius 2 is 2.13 bits per heavy atom. The Morgan fingerprint density at radius 3 is 2.67 bits per heavy atom. The molecule has 0 aliphatic heterocycles. The van der Waals surface area contributed by atoms with Gasteiger partial charge in [-0.2, -0.15) is 13.2 Å². The molecule has 0 spiro atoms. The van der Waals surface area contributed by atoms with Crippen LogP contribution in [0.4, 0.5) is 18.3 Å². The van der Waals surface area contributed by atoms with Gasteiger partial charge in [0.15, 0.2) is 3.92 Å². The summed E-state index contributed by atoms with van der Waals surface area (Å²) >= 11 is 4.36. The number of aromatic nitrogens is 2. The molecule has 1 heterocycles. The second-order valence-corrected chi connectivity index (χ2v) is 4.71. The summed E-state index contributed by atoms with van der Waals surface area (Å²) in [6.45, 7) is -0.997. The van der Waals surface area contributed by atoms with Crippen LogP contribution in [0.25, 0.3) is 0 Å². The van der Waals surface area contributed by atoms with Crippen LogP contribution in [-0.4, -0.2) is 36.1 Å². The number of rotatable bonds is 5. The number of hydrogen-bond acceptors (Lipinski definition) is 5. The van der Waals surface area contributed by atoms with E-state index in [4.69, 9.17) is 0 Å². The highest BCUT2D eigenvalue weighted by molar-refractivity contribution is 9.11. The molecule has 0 aliphatic carbocycles. The van der Waals surface area contributed by atoms with Gasteiger partial charge in [0.25, 0.3) is 0 Å². The molecular weight excluding hydrogens is 299 g/mol. The molecule has 0 bridgehead atoms. The summed E-state index contributed by atoms with van der Waals surface area (Å²) in [5.41, 5.74) is 0. The topological polar surface area (TPSA) is 47.0 Å². The lowest BCUT2D eigenvalue weighted by Crippen LogP contribution is -2.20. The molecule has 0 atom stereocenters. The van der Waals surface area contributed by atoms with Crippen molar-refractivity contribution in [2.75, 3.05) is 25.1 Å². The van der Waals surface area contributed by atoms with Gasteiger partial charge in [-0.05, 0) is 15.9 Å². The second-order valence-electron chi connectivity index (χ2n) is 2.45. The molecule has 1 aromatic rings. The van der Waals surface area contributed by atoms with Crippen molar-refractivity contribution < 1.29 is 17.9 Å². The van der Waals surface area contributed by atoms with Crippen molar-refractivity contribution in [2.24, 2.45) is 0 Å². The minimum absolute atomic E-state index is 0.0310. The predicted molar refractivity (Wildman–Crippen MR) is 53.0 cm³/mol. The van der Waals surface area contributed by atoms with E-state index in [1.807, 2.05) is 0 Å². The summed E-state index contributed by atoms with van der Waals surface area (Å²) < 4.78 is 39.9. The average molecular weight is 306 g/mol. The summed E-state index contributed by atoms with van der Waals surface area (Å²) in [4.78, 5) is 0. The Bertz CT molecular complexity index is 306. The lowest BCUT2D eigenvalue weighted by molar-refractivity contribution is -0.172. The Hall–Kier alpha value is -0.410. The second kappa shape index (κ2) is 5.61. The first-order valence-electron chi connectivity index (χ1n) is 3.85. The van der Waals surface area contributed by atoms with Gasteiger partial charge in [0.05, 0.1) is 6.61 Å². The Kier molecular flexibility index (Phi) is 4.74. The maximum absolute atomic E-state index is 11.6. The predicted octanol–water partition coefficient (Wildman–Crippen LogP) is 2.29. The number of nitrogens with one attached hydrogen (secondary N) is 1. The van der Waals surface area contributed by atoms with Gasteiger partial charge in [-0.25, -0.2) is 0 Å². The first-order chi connectivity index (χ1) is 6.97. The molecule has 0 radical (unpaired) electrons. The largest absolute Gasteiger partial charge is 0.411 e. The highest BCUT2D eigenvalue weighted by atomic mass is 79.9. The Labute approximate surface area is 96.0 Å². The minimum Gasteiger partial charge on any atom is -0.370 e. The van der Waals surface area contributed by atoms with Gasteiger partial charge < -0.3 is 10.1 Å². The number of ether oxygens (including phenoxy) is 1. The van der Waals surface area contributed by atoms with E-state index in [1.54, 1.807) is 0 Å². The quantitative estimate of drug-likeness (QED) is 0.848.